The fourth-order valence-corrected chi connectivity index (χ4v) is 3.04. The molecule has 4 rings (SSSR count). The first-order chi connectivity index (χ1) is 14.5. The Balaban J connectivity index is 1.52. The topological polar surface area (TPSA) is 84.7 Å². The molecule has 2 N–H and O–H groups in total. The Labute approximate surface area is 172 Å². The van der Waals surface area contributed by atoms with E-state index in [4.69, 9.17) is 0 Å². The summed E-state index contributed by atoms with van der Waals surface area (Å²) in [6.45, 7) is 3.87. The Morgan fingerprint density at radius 1 is 1.00 bits per heavy atom. The predicted octanol–water partition coefficient (Wildman–Crippen LogP) is 4.41. The summed E-state index contributed by atoms with van der Waals surface area (Å²) >= 11 is 0. The Bertz CT molecular complexity index is 1200. The van der Waals surface area contributed by atoms with Gasteiger partial charge < -0.3 is 10.6 Å². The van der Waals surface area contributed by atoms with E-state index in [1.54, 1.807) is 53.5 Å². The van der Waals surface area contributed by atoms with Gasteiger partial charge in [-0.2, -0.15) is 5.10 Å². The second-order valence-corrected chi connectivity index (χ2v) is 6.73. The Hall–Kier alpha value is -4.07. The SMILES string of the molecule is Cc1cc(C)n(-c2ccc(NC(=O)c3cccnc3Nc3cccc(F)c3)cn2)n1. The number of carbonyl (C=O) groups is 1. The molecule has 4 aromatic rings. The van der Waals surface area contributed by atoms with Gasteiger partial charge in [0.15, 0.2) is 5.82 Å². The molecule has 0 radical (unpaired) electrons. The highest BCUT2D eigenvalue weighted by Crippen LogP contribution is 2.21. The summed E-state index contributed by atoms with van der Waals surface area (Å²) in [5.74, 6) is 0.250. The molecule has 3 aromatic heterocycles. The summed E-state index contributed by atoms with van der Waals surface area (Å²) in [5.41, 5.74) is 3.23. The molecule has 0 saturated carbocycles. The number of benzene rings is 1. The number of aryl methyl sites for hydroxylation is 2. The van der Waals surface area contributed by atoms with Crippen LogP contribution in [0.15, 0.2) is 67.0 Å². The van der Waals surface area contributed by atoms with E-state index in [9.17, 15) is 9.18 Å². The van der Waals surface area contributed by atoms with Crippen LogP contribution >= 0.6 is 0 Å². The second kappa shape index (κ2) is 8.12. The van der Waals surface area contributed by atoms with Crippen LogP contribution in [-0.4, -0.2) is 25.7 Å². The zero-order valence-electron chi connectivity index (χ0n) is 16.4. The molecule has 0 aliphatic rings. The molecule has 0 spiro atoms. The zero-order chi connectivity index (χ0) is 21.1. The van der Waals surface area contributed by atoms with Gasteiger partial charge in [-0.25, -0.2) is 19.0 Å². The Kier molecular flexibility index (Phi) is 5.21. The number of amides is 1. The van der Waals surface area contributed by atoms with Gasteiger partial charge >= 0.3 is 0 Å². The average molecular weight is 402 g/mol. The summed E-state index contributed by atoms with van der Waals surface area (Å²) in [5, 5.41) is 10.2. The fourth-order valence-electron chi connectivity index (χ4n) is 3.04. The van der Waals surface area contributed by atoms with E-state index in [1.165, 1.54) is 12.1 Å². The first-order valence-corrected chi connectivity index (χ1v) is 9.28. The third kappa shape index (κ3) is 4.17. The summed E-state index contributed by atoms with van der Waals surface area (Å²) < 4.78 is 15.2. The number of halogens is 1. The largest absolute Gasteiger partial charge is 0.339 e. The monoisotopic (exact) mass is 402 g/mol. The minimum atomic E-state index is -0.379. The molecule has 150 valence electrons. The van der Waals surface area contributed by atoms with Crippen molar-refractivity contribution in [2.24, 2.45) is 0 Å². The molecule has 1 amide bonds. The smallest absolute Gasteiger partial charge is 0.259 e. The third-order valence-electron chi connectivity index (χ3n) is 4.37. The lowest BCUT2D eigenvalue weighted by molar-refractivity contribution is 0.102. The first-order valence-electron chi connectivity index (χ1n) is 9.28. The molecule has 8 heteroatoms. The van der Waals surface area contributed by atoms with E-state index >= 15 is 0 Å². The van der Waals surface area contributed by atoms with Crippen LogP contribution in [0.4, 0.5) is 21.6 Å². The van der Waals surface area contributed by atoms with Crippen molar-refractivity contribution in [3.63, 3.8) is 0 Å². The highest BCUT2D eigenvalue weighted by Gasteiger charge is 2.14. The number of nitrogens with zero attached hydrogens (tertiary/aromatic N) is 4. The fraction of sp³-hybridized carbons (Fsp3) is 0.0909. The number of nitrogens with one attached hydrogen (secondary N) is 2. The quantitative estimate of drug-likeness (QED) is 0.516. The summed E-state index contributed by atoms with van der Waals surface area (Å²) in [6, 6.07) is 14.8. The highest BCUT2D eigenvalue weighted by atomic mass is 19.1. The maximum Gasteiger partial charge on any atom is 0.259 e. The van der Waals surface area contributed by atoms with E-state index in [2.05, 4.69) is 25.7 Å². The van der Waals surface area contributed by atoms with Crippen molar-refractivity contribution in [1.29, 1.82) is 0 Å². The van der Waals surface area contributed by atoms with Crippen molar-refractivity contribution in [3.05, 3.63) is 89.8 Å². The number of aromatic nitrogens is 4. The predicted molar refractivity (Wildman–Crippen MR) is 113 cm³/mol. The van der Waals surface area contributed by atoms with Crippen LogP contribution < -0.4 is 10.6 Å². The van der Waals surface area contributed by atoms with Crippen molar-refractivity contribution in [3.8, 4) is 5.82 Å². The minimum Gasteiger partial charge on any atom is -0.339 e. The third-order valence-corrected chi connectivity index (χ3v) is 4.37. The Morgan fingerprint density at radius 3 is 2.57 bits per heavy atom. The standard InChI is InChI=1S/C22H19FN6O/c1-14-11-15(2)29(28-14)20-9-8-18(13-25-20)27-22(30)19-7-4-10-24-21(19)26-17-6-3-5-16(23)12-17/h3-13H,1-2H3,(H,24,26)(H,27,30). The lowest BCUT2D eigenvalue weighted by atomic mass is 10.2. The van der Waals surface area contributed by atoms with Crippen molar-refractivity contribution >= 4 is 23.1 Å². The van der Waals surface area contributed by atoms with Gasteiger partial charge in [-0.1, -0.05) is 6.07 Å². The van der Waals surface area contributed by atoms with E-state index in [0.29, 0.717) is 28.6 Å². The normalized spacial score (nSPS) is 10.6. The van der Waals surface area contributed by atoms with Crippen LogP contribution in [0.3, 0.4) is 0 Å². The summed E-state index contributed by atoms with van der Waals surface area (Å²) in [4.78, 5) is 21.4. The molecule has 7 nitrogen and oxygen atoms in total. The molecule has 3 heterocycles. The van der Waals surface area contributed by atoms with Crippen molar-refractivity contribution < 1.29 is 9.18 Å². The first kappa shape index (κ1) is 19.3. The van der Waals surface area contributed by atoms with Crippen molar-refractivity contribution in [2.75, 3.05) is 10.6 Å². The molecule has 0 unspecified atom stereocenters. The molecule has 1 aromatic carbocycles. The molecular weight excluding hydrogens is 383 g/mol. The van der Waals surface area contributed by atoms with Gasteiger partial charge in [0.2, 0.25) is 0 Å². The minimum absolute atomic E-state index is 0.324. The van der Waals surface area contributed by atoms with Crippen molar-refractivity contribution in [1.82, 2.24) is 19.7 Å². The lowest BCUT2D eigenvalue weighted by Crippen LogP contribution is -2.15. The van der Waals surface area contributed by atoms with Crippen LogP contribution in [-0.2, 0) is 0 Å². The van der Waals surface area contributed by atoms with Gasteiger partial charge in [0.1, 0.15) is 11.6 Å². The number of rotatable bonds is 5. The second-order valence-electron chi connectivity index (χ2n) is 6.73. The van der Waals surface area contributed by atoms with Crippen LogP contribution in [0.1, 0.15) is 21.7 Å². The van der Waals surface area contributed by atoms with Gasteiger partial charge in [0.25, 0.3) is 5.91 Å². The van der Waals surface area contributed by atoms with E-state index in [1.807, 2.05) is 19.9 Å². The van der Waals surface area contributed by atoms with Gasteiger partial charge in [-0.3, -0.25) is 4.79 Å². The molecule has 0 aliphatic carbocycles. The molecule has 30 heavy (non-hydrogen) atoms. The summed E-state index contributed by atoms with van der Waals surface area (Å²) in [7, 11) is 0. The number of carbonyl (C=O) groups excluding carboxylic acids is 1. The molecule has 0 aliphatic heterocycles. The van der Waals surface area contributed by atoms with Gasteiger partial charge in [-0.15, -0.1) is 0 Å². The molecule has 0 atom stereocenters. The van der Waals surface area contributed by atoms with Gasteiger partial charge in [-0.05, 0) is 62.4 Å². The number of anilines is 3. The molecule has 0 saturated heterocycles. The molecular formula is C22H19FN6O. The van der Waals surface area contributed by atoms with Crippen LogP contribution in [0.25, 0.3) is 5.82 Å². The molecule has 0 bridgehead atoms. The average Bonchev–Trinajstić information content (AvgIpc) is 3.07. The Morgan fingerprint density at radius 2 is 1.87 bits per heavy atom. The zero-order valence-corrected chi connectivity index (χ0v) is 16.4. The number of pyridine rings is 2. The maximum atomic E-state index is 13.4. The van der Waals surface area contributed by atoms with Crippen LogP contribution in [0.5, 0.6) is 0 Å². The van der Waals surface area contributed by atoms with E-state index in [-0.39, 0.29) is 11.7 Å². The van der Waals surface area contributed by atoms with Gasteiger partial charge in [0, 0.05) is 17.6 Å². The van der Waals surface area contributed by atoms with E-state index in [0.717, 1.165) is 11.4 Å². The number of hydrogen-bond donors (Lipinski definition) is 2. The summed E-state index contributed by atoms with van der Waals surface area (Å²) in [6.07, 6.45) is 3.13. The van der Waals surface area contributed by atoms with Gasteiger partial charge in [0.05, 0.1) is 23.1 Å². The van der Waals surface area contributed by atoms with Crippen LogP contribution in [0, 0.1) is 19.7 Å². The maximum absolute atomic E-state index is 13.4. The highest BCUT2D eigenvalue weighted by molar-refractivity contribution is 6.07. The number of hydrogen-bond acceptors (Lipinski definition) is 5. The molecule has 0 fully saturated rings. The van der Waals surface area contributed by atoms with Crippen LogP contribution in [0.2, 0.25) is 0 Å². The van der Waals surface area contributed by atoms with Crippen molar-refractivity contribution in [2.45, 2.75) is 13.8 Å². The lowest BCUT2D eigenvalue weighted by Gasteiger charge is -2.11. The van der Waals surface area contributed by atoms with E-state index < -0.39 is 0 Å².